The van der Waals surface area contributed by atoms with E-state index in [1.54, 1.807) is 0 Å². The number of rotatable bonds is 2. The number of aliphatic imine (C=N–C) groups is 1. The van der Waals surface area contributed by atoms with Crippen molar-refractivity contribution in [2.75, 3.05) is 19.6 Å². The van der Waals surface area contributed by atoms with Crippen LogP contribution in [0.3, 0.4) is 0 Å². The van der Waals surface area contributed by atoms with Gasteiger partial charge in [0.25, 0.3) is 0 Å². The second-order valence-corrected chi connectivity index (χ2v) is 3.64. The zero-order valence-corrected chi connectivity index (χ0v) is 8.63. The molecule has 0 bridgehead atoms. The van der Waals surface area contributed by atoms with Gasteiger partial charge >= 0.3 is 0 Å². The Kier molecular flexibility index (Phi) is 4.65. The lowest BCUT2D eigenvalue weighted by molar-refractivity contribution is 0.428. The lowest BCUT2D eigenvalue weighted by Gasteiger charge is -2.20. The maximum atomic E-state index is 5.88. The fourth-order valence-corrected chi connectivity index (χ4v) is 1.63. The number of hydrogen-bond donors (Lipinski definition) is 1. The average molecular weight is 183 g/mol. The molecule has 0 aromatic carbocycles. The van der Waals surface area contributed by atoms with E-state index in [4.69, 9.17) is 5.73 Å². The molecule has 3 nitrogen and oxygen atoms in total. The number of guanidine groups is 1. The van der Waals surface area contributed by atoms with Crippen LogP contribution in [0.25, 0.3) is 0 Å². The van der Waals surface area contributed by atoms with Gasteiger partial charge in [-0.25, -0.2) is 0 Å². The van der Waals surface area contributed by atoms with Crippen LogP contribution in [0.4, 0.5) is 0 Å². The Bertz CT molecular complexity index is 158. The Morgan fingerprint density at radius 2 is 1.85 bits per heavy atom. The fourth-order valence-electron chi connectivity index (χ4n) is 1.63. The summed E-state index contributed by atoms with van der Waals surface area (Å²) in [7, 11) is 0. The first kappa shape index (κ1) is 10.4. The lowest BCUT2D eigenvalue weighted by Crippen LogP contribution is -2.38. The molecule has 0 aliphatic carbocycles. The Morgan fingerprint density at radius 1 is 1.23 bits per heavy atom. The number of nitrogens with two attached hydrogens (primary N) is 1. The molecule has 0 atom stereocenters. The first-order valence-electron chi connectivity index (χ1n) is 5.39. The van der Waals surface area contributed by atoms with Crippen molar-refractivity contribution in [2.24, 2.45) is 10.7 Å². The van der Waals surface area contributed by atoms with Crippen molar-refractivity contribution >= 4 is 5.96 Å². The van der Waals surface area contributed by atoms with Crippen LogP contribution in [0.5, 0.6) is 0 Å². The molecule has 0 aromatic rings. The number of nitrogens with zero attached hydrogens (tertiary/aromatic N) is 2. The molecule has 2 N–H and O–H groups in total. The Labute approximate surface area is 81.0 Å². The Morgan fingerprint density at radius 3 is 2.38 bits per heavy atom. The van der Waals surface area contributed by atoms with Crippen molar-refractivity contribution in [3.05, 3.63) is 0 Å². The van der Waals surface area contributed by atoms with E-state index in [1.165, 1.54) is 25.7 Å². The molecule has 0 radical (unpaired) electrons. The Hall–Kier alpha value is -0.730. The molecular weight excluding hydrogens is 162 g/mol. The first-order valence-corrected chi connectivity index (χ1v) is 5.39. The predicted molar refractivity (Wildman–Crippen MR) is 56.8 cm³/mol. The van der Waals surface area contributed by atoms with Crippen LogP contribution >= 0.6 is 0 Å². The summed E-state index contributed by atoms with van der Waals surface area (Å²) >= 11 is 0. The third-order valence-electron chi connectivity index (χ3n) is 2.43. The second kappa shape index (κ2) is 5.84. The zero-order valence-electron chi connectivity index (χ0n) is 8.63. The highest BCUT2D eigenvalue weighted by Gasteiger charge is 2.09. The van der Waals surface area contributed by atoms with Gasteiger partial charge in [0.15, 0.2) is 5.96 Å². The van der Waals surface area contributed by atoms with Crippen molar-refractivity contribution in [3.63, 3.8) is 0 Å². The summed E-state index contributed by atoms with van der Waals surface area (Å²) < 4.78 is 0. The minimum Gasteiger partial charge on any atom is -0.370 e. The molecule has 1 heterocycles. The summed E-state index contributed by atoms with van der Waals surface area (Å²) in [5.41, 5.74) is 5.88. The van der Waals surface area contributed by atoms with E-state index in [9.17, 15) is 0 Å². The maximum Gasteiger partial charge on any atom is 0.191 e. The molecule has 3 heteroatoms. The third kappa shape index (κ3) is 3.66. The van der Waals surface area contributed by atoms with E-state index in [2.05, 4.69) is 16.8 Å². The highest BCUT2D eigenvalue weighted by Crippen LogP contribution is 2.08. The van der Waals surface area contributed by atoms with Gasteiger partial charge in [0, 0.05) is 19.6 Å². The van der Waals surface area contributed by atoms with Gasteiger partial charge in [-0.15, -0.1) is 0 Å². The minimum atomic E-state index is 0.753. The first-order chi connectivity index (χ1) is 6.34. The molecular formula is C10H21N3. The van der Waals surface area contributed by atoms with Crippen LogP contribution in [0, 0.1) is 0 Å². The third-order valence-corrected chi connectivity index (χ3v) is 2.43. The van der Waals surface area contributed by atoms with Crippen molar-refractivity contribution in [1.29, 1.82) is 0 Å². The SMILES string of the molecule is CCCN=C(N)N1CCCCCC1. The molecule has 0 aromatic heterocycles. The summed E-state index contributed by atoms with van der Waals surface area (Å²) in [5, 5.41) is 0. The molecule has 1 fully saturated rings. The van der Waals surface area contributed by atoms with Gasteiger partial charge in [0.05, 0.1) is 0 Å². The van der Waals surface area contributed by atoms with Gasteiger partial charge in [-0.3, -0.25) is 4.99 Å². The fraction of sp³-hybridized carbons (Fsp3) is 0.900. The van der Waals surface area contributed by atoms with Crippen LogP contribution in [0.1, 0.15) is 39.0 Å². The van der Waals surface area contributed by atoms with E-state index >= 15 is 0 Å². The van der Waals surface area contributed by atoms with Gasteiger partial charge in [0.2, 0.25) is 0 Å². The van der Waals surface area contributed by atoms with Crippen LogP contribution in [0.15, 0.2) is 4.99 Å². The van der Waals surface area contributed by atoms with Gasteiger partial charge in [-0.2, -0.15) is 0 Å². The monoisotopic (exact) mass is 183 g/mol. The maximum absolute atomic E-state index is 5.88. The molecule has 0 saturated carbocycles. The normalized spacial score (nSPS) is 20.1. The highest BCUT2D eigenvalue weighted by atomic mass is 15.2. The standard InChI is InChI=1S/C10H21N3/c1-2-7-12-10(11)13-8-5-3-4-6-9-13/h2-9H2,1H3,(H2,11,12). The summed E-state index contributed by atoms with van der Waals surface area (Å²) in [5.74, 6) is 0.753. The highest BCUT2D eigenvalue weighted by molar-refractivity contribution is 5.78. The molecule has 13 heavy (non-hydrogen) atoms. The van der Waals surface area contributed by atoms with E-state index in [1.807, 2.05) is 0 Å². The van der Waals surface area contributed by atoms with Crippen LogP contribution < -0.4 is 5.73 Å². The van der Waals surface area contributed by atoms with Gasteiger partial charge in [-0.05, 0) is 19.3 Å². The number of likely N-dealkylation sites (tertiary alicyclic amines) is 1. The van der Waals surface area contributed by atoms with E-state index in [-0.39, 0.29) is 0 Å². The Balaban J connectivity index is 2.38. The van der Waals surface area contributed by atoms with Crippen molar-refractivity contribution in [1.82, 2.24) is 4.90 Å². The molecule has 76 valence electrons. The smallest absolute Gasteiger partial charge is 0.191 e. The summed E-state index contributed by atoms with van der Waals surface area (Å²) in [4.78, 5) is 6.55. The van der Waals surface area contributed by atoms with Gasteiger partial charge in [0.1, 0.15) is 0 Å². The topological polar surface area (TPSA) is 41.6 Å². The molecule has 1 rings (SSSR count). The minimum absolute atomic E-state index is 0.753. The van der Waals surface area contributed by atoms with Gasteiger partial charge < -0.3 is 10.6 Å². The molecule has 0 amide bonds. The van der Waals surface area contributed by atoms with Gasteiger partial charge in [-0.1, -0.05) is 19.8 Å². The van der Waals surface area contributed by atoms with E-state index in [0.717, 1.165) is 32.0 Å². The number of hydrogen-bond acceptors (Lipinski definition) is 1. The summed E-state index contributed by atoms with van der Waals surface area (Å²) in [6, 6.07) is 0. The largest absolute Gasteiger partial charge is 0.370 e. The van der Waals surface area contributed by atoms with Crippen LogP contribution in [-0.4, -0.2) is 30.5 Å². The molecule has 1 aliphatic rings. The van der Waals surface area contributed by atoms with Crippen molar-refractivity contribution in [2.45, 2.75) is 39.0 Å². The van der Waals surface area contributed by atoms with Crippen LogP contribution in [0.2, 0.25) is 0 Å². The average Bonchev–Trinajstić information content (AvgIpc) is 2.42. The molecule has 1 saturated heterocycles. The molecule has 0 unspecified atom stereocenters. The molecule has 0 spiro atoms. The van der Waals surface area contributed by atoms with E-state index < -0.39 is 0 Å². The summed E-state index contributed by atoms with van der Waals surface area (Å²) in [6.07, 6.45) is 6.30. The van der Waals surface area contributed by atoms with Crippen molar-refractivity contribution in [3.8, 4) is 0 Å². The van der Waals surface area contributed by atoms with Crippen molar-refractivity contribution < 1.29 is 0 Å². The van der Waals surface area contributed by atoms with E-state index in [0.29, 0.717) is 0 Å². The molecule has 1 aliphatic heterocycles. The second-order valence-electron chi connectivity index (χ2n) is 3.64. The lowest BCUT2D eigenvalue weighted by atomic mass is 10.2. The summed E-state index contributed by atoms with van der Waals surface area (Å²) in [6.45, 7) is 5.18. The van der Waals surface area contributed by atoms with Crippen LogP contribution in [-0.2, 0) is 0 Å². The zero-order chi connectivity index (χ0) is 9.52. The predicted octanol–water partition coefficient (Wildman–Crippen LogP) is 1.59. The quantitative estimate of drug-likeness (QED) is 0.522.